The van der Waals surface area contributed by atoms with E-state index in [2.05, 4.69) is 16.9 Å². The molecule has 2 rings (SSSR count). The fourth-order valence-electron chi connectivity index (χ4n) is 2.61. The fourth-order valence-corrected chi connectivity index (χ4v) is 2.61. The van der Waals surface area contributed by atoms with Gasteiger partial charge in [-0.3, -0.25) is 9.58 Å². The Morgan fingerprint density at radius 2 is 2.38 bits per heavy atom. The molecule has 0 spiro atoms. The van der Waals surface area contributed by atoms with E-state index in [-0.39, 0.29) is 6.61 Å². The van der Waals surface area contributed by atoms with Gasteiger partial charge in [0.1, 0.15) is 0 Å². The van der Waals surface area contributed by atoms with Crippen LogP contribution in [0.1, 0.15) is 25.3 Å². The summed E-state index contributed by atoms with van der Waals surface area (Å²) in [7, 11) is 1.94. The van der Waals surface area contributed by atoms with E-state index in [1.165, 1.54) is 18.4 Å². The van der Waals surface area contributed by atoms with Crippen molar-refractivity contribution in [1.29, 1.82) is 0 Å². The maximum absolute atomic E-state index is 9.45. The van der Waals surface area contributed by atoms with E-state index in [0.29, 0.717) is 12.0 Å². The number of nitrogens with zero attached hydrogens (tertiary/aromatic N) is 3. The van der Waals surface area contributed by atoms with Crippen molar-refractivity contribution in [2.24, 2.45) is 13.0 Å². The lowest BCUT2D eigenvalue weighted by molar-refractivity contribution is 0.0472. The van der Waals surface area contributed by atoms with E-state index in [1.807, 2.05) is 24.1 Å². The summed E-state index contributed by atoms with van der Waals surface area (Å²) in [5, 5.41) is 13.6. The van der Waals surface area contributed by atoms with Gasteiger partial charge in [0, 0.05) is 31.4 Å². The predicted octanol–water partition coefficient (Wildman–Crippen LogP) is 1.01. The van der Waals surface area contributed by atoms with Crippen molar-refractivity contribution in [3.05, 3.63) is 18.0 Å². The van der Waals surface area contributed by atoms with Crippen molar-refractivity contribution in [2.75, 3.05) is 13.2 Å². The van der Waals surface area contributed by atoms with Gasteiger partial charge in [0.15, 0.2) is 0 Å². The Morgan fingerprint density at radius 3 is 3.00 bits per heavy atom. The Balaban J connectivity index is 2.02. The highest BCUT2D eigenvalue weighted by atomic mass is 16.3. The molecule has 0 radical (unpaired) electrons. The smallest absolute Gasteiger partial charge is 0.0589 e. The molecule has 0 saturated carbocycles. The molecule has 1 saturated heterocycles. The first kappa shape index (κ1) is 11.6. The first-order valence-corrected chi connectivity index (χ1v) is 6.03. The van der Waals surface area contributed by atoms with Crippen LogP contribution in [-0.4, -0.2) is 39.0 Å². The van der Waals surface area contributed by atoms with Gasteiger partial charge in [0.2, 0.25) is 0 Å². The third-order valence-corrected chi connectivity index (χ3v) is 3.56. The number of likely N-dealkylation sites (tertiary alicyclic amines) is 1. The van der Waals surface area contributed by atoms with Crippen molar-refractivity contribution in [3.8, 4) is 0 Å². The lowest BCUT2D eigenvalue weighted by Crippen LogP contribution is -2.45. The molecular weight excluding hydrogens is 202 g/mol. The number of aryl methyl sites for hydroxylation is 1. The summed E-state index contributed by atoms with van der Waals surface area (Å²) in [5.74, 6) is 0.593. The average molecular weight is 223 g/mol. The van der Waals surface area contributed by atoms with E-state index in [0.717, 1.165) is 13.1 Å². The second-order valence-corrected chi connectivity index (χ2v) is 4.86. The highest BCUT2D eigenvalue weighted by molar-refractivity contribution is 5.04. The quantitative estimate of drug-likeness (QED) is 0.831. The molecule has 0 amide bonds. The van der Waals surface area contributed by atoms with Crippen molar-refractivity contribution < 1.29 is 5.11 Å². The molecule has 2 unspecified atom stereocenters. The molecule has 0 bridgehead atoms. The number of aliphatic hydroxyl groups excluding tert-OH is 1. The molecule has 16 heavy (non-hydrogen) atoms. The highest BCUT2D eigenvalue weighted by Crippen LogP contribution is 2.24. The van der Waals surface area contributed by atoms with Gasteiger partial charge < -0.3 is 5.11 Å². The second kappa shape index (κ2) is 4.97. The summed E-state index contributed by atoms with van der Waals surface area (Å²) in [4.78, 5) is 2.38. The third kappa shape index (κ3) is 2.44. The topological polar surface area (TPSA) is 41.3 Å². The summed E-state index contributed by atoms with van der Waals surface area (Å²) in [6, 6.07) is 0.314. The van der Waals surface area contributed by atoms with E-state index in [1.54, 1.807) is 0 Å². The van der Waals surface area contributed by atoms with Crippen LogP contribution in [0.2, 0.25) is 0 Å². The Hall–Kier alpha value is -0.870. The monoisotopic (exact) mass is 223 g/mol. The molecule has 0 aliphatic carbocycles. The van der Waals surface area contributed by atoms with Gasteiger partial charge in [-0.25, -0.2) is 0 Å². The lowest BCUT2D eigenvalue weighted by atomic mass is 9.91. The molecule has 0 aromatic carbocycles. The van der Waals surface area contributed by atoms with Gasteiger partial charge in [0.25, 0.3) is 0 Å². The van der Waals surface area contributed by atoms with E-state index in [9.17, 15) is 5.11 Å². The van der Waals surface area contributed by atoms with Crippen molar-refractivity contribution in [1.82, 2.24) is 14.7 Å². The van der Waals surface area contributed by atoms with E-state index >= 15 is 0 Å². The van der Waals surface area contributed by atoms with Crippen LogP contribution in [0.3, 0.4) is 0 Å². The second-order valence-electron chi connectivity index (χ2n) is 4.86. The summed E-state index contributed by atoms with van der Waals surface area (Å²) >= 11 is 0. The van der Waals surface area contributed by atoms with E-state index < -0.39 is 0 Å². The lowest BCUT2D eigenvalue weighted by Gasteiger charge is -2.38. The SMILES string of the molecule is CC1CCCN(Cc2cnn(C)c2)C1CO. The third-order valence-electron chi connectivity index (χ3n) is 3.56. The van der Waals surface area contributed by atoms with Crippen LogP contribution in [0, 0.1) is 5.92 Å². The molecule has 1 aromatic heterocycles. The normalized spacial score (nSPS) is 27.2. The molecule has 2 heterocycles. The number of piperidine rings is 1. The van der Waals surface area contributed by atoms with Crippen LogP contribution in [-0.2, 0) is 13.6 Å². The zero-order valence-electron chi connectivity index (χ0n) is 10.1. The summed E-state index contributed by atoms with van der Waals surface area (Å²) < 4.78 is 1.83. The van der Waals surface area contributed by atoms with Crippen molar-refractivity contribution >= 4 is 0 Å². The minimum Gasteiger partial charge on any atom is -0.395 e. The molecule has 1 N–H and O–H groups in total. The van der Waals surface area contributed by atoms with Crippen LogP contribution < -0.4 is 0 Å². The van der Waals surface area contributed by atoms with E-state index in [4.69, 9.17) is 0 Å². The minimum atomic E-state index is 0.265. The van der Waals surface area contributed by atoms with Gasteiger partial charge in [-0.1, -0.05) is 6.92 Å². The fraction of sp³-hybridized carbons (Fsp3) is 0.750. The highest BCUT2D eigenvalue weighted by Gasteiger charge is 2.27. The zero-order valence-corrected chi connectivity index (χ0v) is 10.1. The van der Waals surface area contributed by atoms with Crippen LogP contribution in [0.15, 0.2) is 12.4 Å². The number of rotatable bonds is 3. The molecule has 1 fully saturated rings. The number of hydrogen-bond donors (Lipinski definition) is 1. The van der Waals surface area contributed by atoms with Gasteiger partial charge in [-0.05, 0) is 25.3 Å². The number of aliphatic hydroxyl groups is 1. The van der Waals surface area contributed by atoms with Crippen LogP contribution in [0.5, 0.6) is 0 Å². The van der Waals surface area contributed by atoms with Gasteiger partial charge in [-0.2, -0.15) is 5.10 Å². The van der Waals surface area contributed by atoms with Gasteiger partial charge in [0.05, 0.1) is 12.8 Å². The molecule has 4 nitrogen and oxygen atoms in total. The molecule has 1 aromatic rings. The molecule has 1 aliphatic heterocycles. The zero-order chi connectivity index (χ0) is 11.5. The Labute approximate surface area is 96.9 Å². The average Bonchev–Trinajstić information content (AvgIpc) is 2.64. The summed E-state index contributed by atoms with van der Waals surface area (Å²) in [6.07, 6.45) is 6.42. The summed E-state index contributed by atoms with van der Waals surface area (Å²) in [6.45, 7) is 4.49. The maximum Gasteiger partial charge on any atom is 0.0589 e. The minimum absolute atomic E-state index is 0.265. The molecule has 90 valence electrons. The van der Waals surface area contributed by atoms with Gasteiger partial charge >= 0.3 is 0 Å². The predicted molar refractivity (Wildman–Crippen MR) is 62.9 cm³/mol. The first-order chi connectivity index (χ1) is 7.70. The van der Waals surface area contributed by atoms with Crippen molar-refractivity contribution in [2.45, 2.75) is 32.4 Å². The van der Waals surface area contributed by atoms with Crippen LogP contribution in [0.4, 0.5) is 0 Å². The number of hydrogen-bond acceptors (Lipinski definition) is 3. The Kier molecular flexibility index (Phi) is 3.61. The first-order valence-electron chi connectivity index (χ1n) is 6.03. The summed E-state index contributed by atoms with van der Waals surface area (Å²) in [5.41, 5.74) is 1.23. The molecular formula is C12H21N3O. The van der Waals surface area contributed by atoms with Crippen LogP contribution >= 0.6 is 0 Å². The molecule has 4 heteroatoms. The van der Waals surface area contributed by atoms with Crippen LogP contribution in [0.25, 0.3) is 0 Å². The largest absolute Gasteiger partial charge is 0.395 e. The molecule has 1 aliphatic rings. The standard InChI is InChI=1S/C12H21N3O/c1-10-4-3-5-15(12(10)9-16)8-11-6-13-14(2)7-11/h6-7,10,12,16H,3-5,8-9H2,1-2H3. The van der Waals surface area contributed by atoms with Gasteiger partial charge in [-0.15, -0.1) is 0 Å². The Bertz CT molecular complexity index is 337. The Morgan fingerprint density at radius 1 is 1.56 bits per heavy atom. The molecule has 2 atom stereocenters. The number of aromatic nitrogens is 2. The van der Waals surface area contributed by atoms with Crippen molar-refractivity contribution in [3.63, 3.8) is 0 Å². The maximum atomic E-state index is 9.45.